The third-order valence-electron chi connectivity index (χ3n) is 6.85. The number of hydrogen-bond donors (Lipinski definition) is 3. The molecule has 5 rings (SSSR count). The largest absolute Gasteiger partial charge is 0.497 e. The number of nitrogens with two attached hydrogens (primary N) is 1. The zero-order valence-electron chi connectivity index (χ0n) is 22.1. The minimum atomic E-state index is -4.05. The Hall–Kier alpha value is -4.48. The number of methoxy groups -OCH3 is 1. The van der Waals surface area contributed by atoms with Gasteiger partial charge in [-0.25, -0.2) is 8.42 Å². The molecule has 0 radical (unpaired) electrons. The van der Waals surface area contributed by atoms with Crippen LogP contribution in [0.15, 0.2) is 76.7 Å². The number of fused-ring (bicyclic) bond motifs is 1. The molecule has 4 N–H and O–H groups in total. The molecule has 11 heteroatoms. The maximum absolute atomic E-state index is 13.9. The van der Waals surface area contributed by atoms with Gasteiger partial charge in [-0.05, 0) is 55.0 Å². The van der Waals surface area contributed by atoms with Crippen molar-refractivity contribution in [3.8, 4) is 5.75 Å². The topological polar surface area (TPSA) is 144 Å². The first kappa shape index (κ1) is 27.1. The van der Waals surface area contributed by atoms with E-state index in [1.807, 2.05) is 0 Å². The first-order valence-electron chi connectivity index (χ1n) is 12.7. The van der Waals surface area contributed by atoms with E-state index in [0.29, 0.717) is 65.3 Å². The summed E-state index contributed by atoms with van der Waals surface area (Å²) in [7, 11) is -2.50. The second kappa shape index (κ2) is 10.9. The molecule has 0 unspecified atom stereocenters. The smallest absolute Gasteiger partial charge is 0.253 e. The molecule has 1 aliphatic rings. The summed E-state index contributed by atoms with van der Waals surface area (Å²) < 4.78 is 33.0. The molecule has 2 amide bonds. The molecule has 1 fully saturated rings. The number of carbonyl (C=O) groups excluding carboxylic acids is 2. The number of primary amides is 1. The number of sulfone groups is 1. The van der Waals surface area contributed by atoms with Crippen LogP contribution in [-0.2, 0) is 9.84 Å². The molecule has 10 nitrogen and oxygen atoms in total. The maximum Gasteiger partial charge on any atom is 0.253 e. The summed E-state index contributed by atoms with van der Waals surface area (Å²) in [5.74, 6) is -0.336. The number of rotatable bonds is 7. The molecular formula is C29H29N5O5S. The van der Waals surface area contributed by atoms with Gasteiger partial charge in [0.1, 0.15) is 5.75 Å². The summed E-state index contributed by atoms with van der Waals surface area (Å²) in [5.41, 5.74) is 8.12. The van der Waals surface area contributed by atoms with E-state index in [-0.39, 0.29) is 21.3 Å². The van der Waals surface area contributed by atoms with Crippen molar-refractivity contribution in [2.75, 3.05) is 38.6 Å². The Labute approximate surface area is 232 Å². The number of nitrogens with zero attached hydrogens (tertiary/aromatic N) is 2. The molecule has 0 aliphatic carbocycles. The Morgan fingerprint density at radius 3 is 2.50 bits per heavy atom. The standard InChI is InChI=1S/C29H29N5O5S/c1-18-13-23(40(37,38)22-8-3-5-19(14-22)29(36)34-11-9-31-10-12-34)16-24-26(18)32-17-25(28(30)35)27(24)33-20-6-4-7-21(15-20)39-2/h3-8,13-17,31H,9-12H2,1-2H3,(H2,30,35)(H,32,33). The van der Waals surface area contributed by atoms with Crippen LogP contribution in [0.25, 0.3) is 10.9 Å². The van der Waals surface area contributed by atoms with Crippen molar-refractivity contribution in [2.45, 2.75) is 16.7 Å². The van der Waals surface area contributed by atoms with Crippen molar-refractivity contribution >= 4 is 43.9 Å². The van der Waals surface area contributed by atoms with E-state index in [9.17, 15) is 18.0 Å². The molecule has 0 spiro atoms. The highest BCUT2D eigenvalue weighted by Crippen LogP contribution is 2.35. The number of anilines is 2. The Bertz CT molecular complexity index is 1730. The third kappa shape index (κ3) is 5.21. The highest BCUT2D eigenvalue weighted by atomic mass is 32.2. The molecule has 40 heavy (non-hydrogen) atoms. The molecule has 0 atom stereocenters. The van der Waals surface area contributed by atoms with Crippen LogP contribution in [-0.4, -0.2) is 63.4 Å². The van der Waals surface area contributed by atoms with E-state index in [2.05, 4.69) is 15.6 Å². The number of ether oxygens (including phenoxy) is 1. The van der Waals surface area contributed by atoms with Gasteiger partial charge in [-0.2, -0.15) is 0 Å². The predicted octanol–water partition coefficient (Wildman–Crippen LogP) is 3.27. The van der Waals surface area contributed by atoms with Gasteiger partial charge in [0.25, 0.3) is 11.8 Å². The highest BCUT2D eigenvalue weighted by Gasteiger charge is 2.25. The van der Waals surface area contributed by atoms with E-state index >= 15 is 0 Å². The van der Waals surface area contributed by atoms with Gasteiger partial charge < -0.3 is 26.0 Å². The monoisotopic (exact) mass is 559 g/mol. The molecular weight excluding hydrogens is 530 g/mol. The molecule has 3 aromatic carbocycles. The average Bonchev–Trinajstić information content (AvgIpc) is 2.97. The van der Waals surface area contributed by atoms with Crippen molar-refractivity contribution < 1.29 is 22.7 Å². The zero-order valence-corrected chi connectivity index (χ0v) is 22.9. The lowest BCUT2D eigenvalue weighted by molar-refractivity contribution is 0.0735. The fourth-order valence-electron chi connectivity index (χ4n) is 4.75. The van der Waals surface area contributed by atoms with Crippen molar-refractivity contribution in [3.05, 3.63) is 83.6 Å². The third-order valence-corrected chi connectivity index (χ3v) is 8.58. The fourth-order valence-corrected chi connectivity index (χ4v) is 6.17. The Balaban J connectivity index is 1.61. The lowest BCUT2D eigenvalue weighted by atomic mass is 10.1. The fraction of sp³-hybridized carbons (Fsp3) is 0.207. The minimum Gasteiger partial charge on any atom is -0.497 e. The van der Waals surface area contributed by atoms with Crippen LogP contribution in [0.3, 0.4) is 0 Å². The minimum absolute atomic E-state index is 0.00128. The first-order chi connectivity index (χ1) is 19.2. The van der Waals surface area contributed by atoms with Gasteiger partial charge in [-0.15, -0.1) is 0 Å². The molecule has 2 heterocycles. The summed E-state index contributed by atoms with van der Waals surface area (Å²) in [5, 5.41) is 6.81. The normalized spacial score (nSPS) is 13.7. The van der Waals surface area contributed by atoms with Crippen molar-refractivity contribution in [1.29, 1.82) is 0 Å². The number of pyridine rings is 1. The van der Waals surface area contributed by atoms with Gasteiger partial charge in [0.05, 0.1) is 33.7 Å². The average molecular weight is 560 g/mol. The summed E-state index contributed by atoms with van der Waals surface area (Å²) >= 11 is 0. The lowest BCUT2D eigenvalue weighted by Crippen LogP contribution is -2.46. The van der Waals surface area contributed by atoms with Crippen LogP contribution in [0.4, 0.5) is 11.4 Å². The molecule has 206 valence electrons. The van der Waals surface area contributed by atoms with Gasteiger partial charge in [0.2, 0.25) is 9.84 Å². The van der Waals surface area contributed by atoms with Gasteiger partial charge in [-0.3, -0.25) is 14.6 Å². The van der Waals surface area contributed by atoms with E-state index < -0.39 is 15.7 Å². The van der Waals surface area contributed by atoms with E-state index in [4.69, 9.17) is 10.5 Å². The Kier molecular flexibility index (Phi) is 7.42. The van der Waals surface area contributed by atoms with Crippen LogP contribution in [0.1, 0.15) is 26.3 Å². The number of aromatic nitrogens is 1. The second-order valence-corrected chi connectivity index (χ2v) is 11.4. The summed E-state index contributed by atoms with van der Waals surface area (Å²) in [6.45, 7) is 4.23. The van der Waals surface area contributed by atoms with Crippen molar-refractivity contribution in [3.63, 3.8) is 0 Å². The van der Waals surface area contributed by atoms with E-state index in [0.717, 1.165) is 0 Å². The van der Waals surface area contributed by atoms with E-state index in [1.165, 1.54) is 30.5 Å². The molecule has 1 aliphatic heterocycles. The Morgan fingerprint density at radius 2 is 1.77 bits per heavy atom. The quantitative estimate of drug-likeness (QED) is 0.313. The highest BCUT2D eigenvalue weighted by molar-refractivity contribution is 7.91. The zero-order chi connectivity index (χ0) is 28.4. The van der Waals surface area contributed by atoms with Gasteiger partial charge in [0, 0.05) is 55.1 Å². The summed E-state index contributed by atoms with van der Waals surface area (Å²) in [6.07, 6.45) is 1.37. The van der Waals surface area contributed by atoms with Crippen LogP contribution in [0, 0.1) is 6.92 Å². The van der Waals surface area contributed by atoms with Crippen LogP contribution in [0.2, 0.25) is 0 Å². The van der Waals surface area contributed by atoms with Crippen molar-refractivity contribution in [2.24, 2.45) is 5.73 Å². The van der Waals surface area contributed by atoms with Crippen LogP contribution >= 0.6 is 0 Å². The number of carbonyl (C=O) groups is 2. The summed E-state index contributed by atoms with van der Waals surface area (Å²) in [4.78, 5) is 31.5. The SMILES string of the molecule is COc1cccc(Nc2c(C(N)=O)cnc3c(C)cc(S(=O)(=O)c4cccc(C(=O)N5CCNCC5)c4)cc23)c1. The van der Waals surface area contributed by atoms with Gasteiger partial charge >= 0.3 is 0 Å². The number of piperazine rings is 1. The van der Waals surface area contributed by atoms with Crippen LogP contribution < -0.4 is 21.1 Å². The molecule has 1 saturated heterocycles. The summed E-state index contributed by atoms with van der Waals surface area (Å²) in [6, 6.07) is 16.2. The molecule has 0 bridgehead atoms. The second-order valence-electron chi connectivity index (χ2n) is 9.48. The number of benzene rings is 3. The molecule has 0 saturated carbocycles. The maximum atomic E-state index is 13.9. The van der Waals surface area contributed by atoms with Gasteiger partial charge in [-0.1, -0.05) is 12.1 Å². The van der Waals surface area contributed by atoms with Crippen LogP contribution in [0.5, 0.6) is 5.75 Å². The number of amides is 2. The number of nitrogens with one attached hydrogen (secondary N) is 2. The first-order valence-corrected chi connectivity index (χ1v) is 14.2. The molecule has 4 aromatic rings. The number of aryl methyl sites for hydroxylation is 1. The predicted molar refractivity (Wildman–Crippen MR) is 152 cm³/mol. The number of hydrogen-bond acceptors (Lipinski definition) is 8. The van der Waals surface area contributed by atoms with E-state index in [1.54, 1.807) is 55.3 Å². The lowest BCUT2D eigenvalue weighted by Gasteiger charge is -2.27. The molecule has 1 aromatic heterocycles. The van der Waals surface area contributed by atoms with Crippen molar-refractivity contribution in [1.82, 2.24) is 15.2 Å². The van der Waals surface area contributed by atoms with Gasteiger partial charge in [0.15, 0.2) is 0 Å². The Morgan fingerprint density at radius 1 is 1.02 bits per heavy atom.